The molecule has 1 heterocycles. The van der Waals surface area contributed by atoms with Gasteiger partial charge in [-0.3, -0.25) is 0 Å². The zero-order chi connectivity index (χ0) is 7.84. The number of halogens is 1. The molecule has 1 nitrogen and oxygen atoms in total. The van der Waals surface area contributed by atoms with Crippen LogP contribution in [-0.4, -0.2) is 4.98 Å². The van der Waals surface area contributed by atoms with Crippen LogP contribution in [0.4, 0.5) is 0 Å². The molecule has 1 N–H and O–H groups in total. The molecule has 56 valence electrons. The van der Waals surface area contributed by atoms with E-state index in [9.17, 15) is 0 Å². The van der Waals surface area contributed by atoms with Crippen LogP contribution < -0.4 is 0 Å². The fourth-order valence-corrected chi connectivity index (χ4v) is 1.44. The van der Waals surface area contributed by atoms with Crippen LogP contribution in [0.15, 0.2) is 24.3 Å². The van der Waals surface area contributed by atoms with Crippen molar-refractivity contribution in [3.63, 3.8) is 0 Å². The van der Waals surface area contributed by atoms with E-state index in [1.807, 2.05) is 12.1 Å². The number of nitrogens with one attached hydrogen (secondary N) is 1. The van der Waals surface area contributed by atoms with Gasteiger partial charge in [0.2, 0.25) is 0 Å². The van der Waals surface area contributed by atoms with Crippen molar-refractivity contribution in [1.29, 1.82) is 0 Å². The topological polar surface area (TPSA) is 15.8 Å². The molecule has 2 rings (SSSR count). The lowest BCUT2D eigenvalue weighted by Crippen LogP contribution is -1.69. The highest BCUT2D eigenvalue weighted by Crippen LogP contribution is 2.19. The second-order valence-corrected chi connectivity index (χ2v) is 3.12. The lowest BCUT2D eigenvalue weighted by atomic mass is 10.2. The Balaban J connectivity index is 2.82. The number of rotatable bonds is 0. The highest BCUT2D eigenvalue weighted by Gasteiger charge is 1.96. The van der Waals surface area contributed by atoms with Gasteiger partial charge in [-0.25, -0.2) is 0 Å². The molecule has 2 heteroatoms. The molecule has 11 heavy (non-hydrogen) atoms. The third-order valence-corrected chi connectivity index (χ3v) is 1.95. The molecular formula is C9H8ClN. The molecule has 0 bridgehead atoms. The first kappa shape index (κ1) is 6.74. The smallest absolute Gasteiger partial charge is 0.107 e. The summed E-state index contributed by atoms with van der Waals surface area (Å²) >= 11 is 5.78. The van der Waals surface area contributed by atoms with Gasteiger partial charge in [-0.05, 0) is 25.1 Å². The van der Waals surface area contributed by atoms with Gasteiger partial charge in [-0.2, -0.15) is 0 Å². The lowest BCUT2D eigenvalue weighted by molar-refractivity contribution is 1.46. The summed E-state index contributed by atoms with van der Waals surface area (Å²) in [6.07, 6.45) is 0. The molecule has 0 saturated carbocycles. The first-order valence-corrected chi connectivity index (χ1v) is 3.88. The molecular weight excluding hydrogens is 158 g/mol. The van der Waals surface area contributed by atoms with E-state index >= 15 is 0 Å². The quantitative estimate of drug-likeness (QED) is 0.618. The first-order valence-electron chi connectivity index (χ1n) is 3.50. The van der Waals surface area contributed by atoms with Crippen molar-refractivity contribution in [3.8, 4) is 0 Å². The second-order valence-electron chi connectivity index (χ2n) is 2.71. The van der Waals surface area contributed by atoms with Crippen LogP contribution in [-0.2, 0) is 0 Å². The third kappa shape index (κ3) is 1.12. The fraction of sp³-hybridized carbons (Fsp3) is 0.111. The van der Waals surface area contributed by atoms with Gasteiger partial charge >= 0.3 is 0 Å². The maximum absolute atomic E-state index is 5.78. The van der Waals surface area contributed by atoms with Crippen molar-refractivity contribution < 1.29 is 0 Å². The fourth-order valence-electron chi connectivity index (χ4n) is 1.22. The van der Waals surface area contributed by atoms with E-state index in [-0.39, 0.29) is 0 Å². The van der Waals surface area contributed by atoms with Crippen LogP contribution in [0.5, 0.6) is 0 Å². The number of aryl methyl sites for hydroxylation is 1. The van der Waals surface area contributed by atoms with E-state index in [4.69, 9.17) is 11.6 Å². The normalized spacial score (nSPS) is 10.7. The highest BCUT2D eigenvalue weighted by molar-refractivity contribution is 6.30. The SMILES string of the molecule is Cc1ccc2[nH]c(Cl)cc2c1. The monoisotopic (exact) mass is 165 g/mol. The molecule has 0 aliphatic heterocycles. The molecule has 0 atom stereocenters. The molecule has 0 aliphatic rings. The Morgan fingerprint density at radius 3 is 2.91 bits per heavy atom. The van der Waals surface area contributed by atoms with Crippen molar-refractivity contribution in [2.24, 2.45) is 0 Å². The summed E-state index contributed by atoms with van der Waals surface area (Å²) < 4.78 is 0. The number of fused-ring (bicyclic) bond motifs is 1. The Morgan fingerprint density at radius 2 is 2.09 bits per heavy atom. The van der Waals surface area contributed by atoms with Crippen molar-refractivity contribution in [1.82, 2.24) is 4.98 Å². The van der Waals surface area contributed by atoms with Crippen molar-refractivity contribution in [2.45, 2.75) is 6.92 Å². The number of hydrogen-bond acceptors (Lipinski definition) is 0. The summed E-state index contributed by atoms with van der Waals surface area (Å²) in [6.45, 7) is 2.07. The lowest BCUT2D eigenvalue weighted by Gasteiger charge is -1.90. The maximum atomic E-state index is 5.78. The van der Waals surface area contributed by atoms with E-state index in [0.29, 0.717) is 5.15 Å². The second kappa shape index (κ2) is 2.28. The molecule has 0 amide bonds. The predicted molar refractivity (Wildman–Crippen MR) is 48.0 cm³/mol. The summed E-state index contributed by atoms with van der Waals surface area (Å²) in [6, 6.07) is 8.15. The van der Waals surface area contributed by atoms with Gasteiger partial charge in [0, 0.05) is 10.9 Å². The summed E-state index contributed by atoms with van der Waals surface area (Å²) in [5.41, 5.74) is 2.36. The van der Waals surface area contributed by atoms with Gasteiger partial charge in [-0.15, -0.1) is 0 Å². The van der Waals surface area contributed by atoms with E-state index in [1.54, 1.807) is 0 Å². The van der Waals surface area contributed by atoms with Crippen LogP contribution in [0.3, 0.4) is 0 Å². The van der Waals surface area contributed by atoms with E-state index in [0.717, 1.165) is 5.52 Å². The predicted octanol–water partition coefficient (Wildman–Crippen LogP) is 3.13. The zero-order valence-electron chi connectivity index (χ0n) is 6.19. The van der Waals surface area contributed by atoms with Crippen LogP contribution in [0, 0.1) is 6.92 Å². The minimum Gasteiger partial charge on any atom is -0.346 e. The Labute approximate surface area is 70.0 Å². The number of aromatic nitrogens is 1. The Kier molecular flexibility index (Phi) is 1.40. The molecule has 0 aliphatic carbocycles. The summed E-state index contributed by atoms with van der Waals surface area (Å²) in [7, 11) is 0. The van der Waals surface area contributed by atoms with Crippen molar-refractivity contribution in [3.05, 3.63) is 35.0 Å². The molecule has 0 saturated heterocycles. The molecule has 0 unspecified atom stereocenters. The van der Waals surface area contributed by atoms with Crippen molar-refractivity contribution >= 4 is 22.5 Å². The van der Waals surface area contributed by atoms with E-state index < -0.39 is 0 Å². The standard InChI is InChI=1S/C9H8ClN/c1-6-2-3-8-7(4-6)5-9(10)11-8/h2-5,11H,1H3. The number of aromatic amines is 1. The summed E-state index contributed by atoms with van der Waals surface area (Å²) in [5.74, 6) is 0. The molecule has 0 fully saturated rings. The van der Waals surface area contributed by atoms with Crippen LogP contribution in [0.2, 0.25) is 5.15 Å². The van der Waals surface area contributed by atoms with Gasteiger partial charge in [-0.1, -0.05) is 23.2 Å². The van der Waals surface area contributed by atoms with Gasteiger partial charge in [0.1, 0.15) is 5.15 Å². The largest absolute Gasteiger partial charge is 0.346 e. The van der Waals surface area contributed by atoms with Gasteiger partial charge in [0.15, 0.2) is 0 Å². The minimum atomic E-state index is 0.700. The molecule has 0 spiro atoms. The van der Waals surface area contributed by atoms with Gasteiger partial charge in [0.05, 0.1) is 0 Å². The molecule has 1 aromatic heterocycles. The van der Waals surface area contributed by atoms with Crippen LogP contribution in [0.25, 0.3) is 10.9 Å². The molecule has 1 aromatic carbocycles. The zero-order valence-corrected chi connectivity index (χ0v) is 6.94. The molecule has 2 aromatic rings. The van der Waals surface area contributed by atoms with Crippen molar-refractivity contribution in [2.75, 3.05) is 0 Å². The third-order valence-electron chi connectivity index (χ3n) is 1.74. The Bertz CT molecular complexity index is 389. The number of benzene rings is 1. The molecule has 0 radical (unpaired) electrons. The van der Waals surface area contributed by atoms with Crippen LogP contribution >= 0.6 is 11.6 Å². The Morgan fingerprint density at radius 1 is 1.27 bits per heavy atom. The van der Waals surface area contributed by atoms with Gasteiger partial charge < -0.3 is 4.98 Å². The maximum Gasteiger partial charge on any atom is 0.107 e. The minimum absolute atomic E-state index is 0.700. The average Bonchev–Trinajstić information content (AvgIpc) is 2.27. The summed E-state index contributed by atoms with van der Waals surface area (Å²) in [5, 5.41) is 1.88. The highest BCUT2D eigenvalue weighted by atomic mass is 35.5. The van der Waals surface area contributed by atoms with E-state index in [1.165, 1.54) is 10.9 Å². The average molecular weight is 166 g/mol. The number of hydrogen-bond donors (Lipinski definition) is 1. The Hall–Kier alpha value is -0.950. The summed E-state index contributed by atoms with van der Waals surface area (Å²) in [4.78, 5) is 3.05. The van der Waals surface area contributed by atoms with Crippen LogP contribution in [0.1, 0.15) is 5.56 Å². The van der Waals surface area contributed by atoms with Gasteiger partial charge in [0.25, 0.3) is 0 Å². The first-order chi connectivity index (χ1) is 5.25. The van der Waals surface area contributed by atoms with E-state index in [2.05, 4.69) is 24.0 Å². The number of H-pyrrole nitrogens is 1.